The van der Waals surface area contributed by atoms with Crippen molar-refractivity contribution in [1.82, 2.24) is 0 Å². The summed E-state index contributed by atoms with van der Waals surface area (Å²) in [4.78, 5) is 27.0. The number of aromatic amines is 1. The molecule has 0 amide bonds. The molecule has 0 unspecified atom stereocenters. The maximum Gasteiger partial charge on any atom is 0.387 e. The fourth-order valence-corrected chi connectivity index (χ4v) is 4.08. The molecule has 0 saturated heterocycles. The zero-order valence-electron chi connectivity index (χ0n) is 19.3. The molecule has 3 aromatic rings. The van der Waals surface area contributed by atoms with E-state index in [0.29, 0.717) is 45.5 Å². The molecule has 4 rings (SSSR count). The number of esters is 1. The summed E-state index contributed by atoms with van der Waals surface area (Å²) in [5.74, 6) is -0.331. The highest BCUT2D eigenvalue weighted by Crippen LogP contribution is 2.38. The van der Waals surface area contributed by atoms with Crippen LogP contribution in [-0.2, 0) is 11.2 Å². The van der Waals surface area contributed by atoms with Crippen LogP contribution in [0.5, 0.6) is 11.5 Å². The highest BCUT2D eigenvalue weighted by Gasteiger charge is 2.26. The molecule has 2 aromatic carbocycles. The second kappa shape index (κ2) is 12.8. The first-order valence-corrected chi connectivity index (χ1v) is 11.9. The van der Waals surface area contributed by atoms with Gasteiger partial charge in [-0.05, 0) is 48.6 Å². The molecule has 1 aromatic heterocycles. The summed E-state index contributed by atoms with van der Waals surface area (Å²) in [6.07, 6.45) is 4.89. The fourth-order valence-electron chi connectivity index (χ4n) is 3.54. The molecule has 37 heavy (non-hydrogen) atoms. The van der Waals surface area contributed by atoms with Gasteiger partial charge in [0, 0.05) is 17.5 Å². The lowest BCUT2D eigenvalue weighted by Gasteiger charge is -2.21. The van der Waals surface area contributed by atoms with E-state index in [1.54, 1.807) is 24.5 Å². The first kappa shape index (κ1) is 28.3. The summed E-state index contributed by atoms with van der Waals surface area (Å²) in [7, 11) is 0. The Bertz CT molecular complexity index is 1240. The third kappa shape index (κ3) is 7.61. The fraction of sp³-hybridized carbons (Fsp3) is 0.269. The molecule has 0 radical (unpaired) electrons. The molecule has 1 heterocycles. The van der Waals surface area contributed by atoms with Crippen molar-refractivity contribution in [2.75, 3.05) is 6.61 Å². The van der Waals surface area contributed by atoms with E-state index < -0.39 is 18.7 Å². The van der Waals surface area contributed by atoms with Crippen molar-refractivity contribution in [2.45, 2.75) is 32.0 Å². The van der Waals surface area contributed by atoms with E-state index in [4.69, 9.17) is 32.7 Å². The van der Waals surface area contributed by atoms with Crippen LogP contribution in [0.3, 0.4) is 0 Å². The number of hydrogen-bond donors (Lipinski definition) is 0. The van der Waals surface area contributed by atoms with Crippen LogP contribution in [0.2, 0.25) is 10.0 Å². The predicted octanol–water partition coefficient (Wildman–Crippen LogP) is 5.97. The molecular weight excluding hydrogens is 531 g/mol. The molecule has 7 nitrogen and oxygen atoms in total. The number of carbonyl (C=O) groups is 2. The Morgan fingerprint density at radius 1 is 1.08 bits per heavy atom. The lowest BCUT2D eigenvalue weighted by atomic mass is 10.0. The monoisotopic (exact) mass is 553 g/mol. The minimum atomic E-state index is -3.03. The maximum absolute atomic E-state index is 13.0. The summed E-state index contributed by atoms with van der Waals surface area (Å²) < 4.78 is 42.1. The number of H-pyrrole nitrogens is 1. The van der Waals surface area contributed by atoms with Crippen molar-refractivity contribution < 1.29 is 43.0 Å². The Hall–Kier alpha value is -3.27. The number of carbonyl (C=O) groups excluding carboxylic acids is 2. The average Bonchev–Trinajstić information content (AvgIpc) is 3.69. The summed E-state index contributed by atoms with van der Waals surface area (Å²) in [5, 5.41) is 0.656. The summed E-state index contributed by atoms with van der Waals surface area (Å²) in [5.41, 5.74) is 1.47. The van der Waals surface area contributed by atoms with Gasteiger partial charge in [0.1, 0.15) is 22.4 Å². The molecule has 196 valence electrons. The van der Waals surface area contributed by atoms with Gasteiger partial charge in [-0.25, -0.2) is 9.78 Å². The van der Waals surface area contributed by atoms with Crippen molar-refractivity contribution in [2.24, 2.45) is 5.92 Å². The minimum absolute atomic E-state index is 0. The van der Waals surface area contributed by atoms with Crippen LogP contribution < -0.4 is 14.5 Å². The van der Waals surface area contributed by atoms with Crippen LogP contribution in [0.25, 0.3) is 0 Å². The molecule has 11 heteroatoms. The number of benzene rings is 2. The third-order valence-corrected chi connectivity index (χ3v) is 6.30. The van der Waals surface area contributed by atoms with E-state index in [1.165, 1.54) is 30.3 Å². The normalized spacial score (nSPS) is 13.4. The largest absolute Gasteiger partial charge is 0.870 e. The number of ether oxygens (including phenoxy) is 3. The lowest BCUT2D eigenvalue weighted by Crippen LogP contribution is -2.16. The van der Waals surface area contributed by atoms with Crippen molar-refractivity contribution in [3.63, 3.8) is 0 Å². The SMILES string of the molecule is O=Cc1cccc(C(=O)O[C@@H](Cc2c(Cl)c[nH+]cc2Cl)c2ccc(OC(F)F)c(OCC3CC3)c2)c1.[OH-]. The number of rotatable bonds is 11. The van der Waals surface area contributed by atoms with Gasteiger partial charge in [-0.1, -0.05) is 41.4 Å². The van der Waals surface area contributed by atoms with Gasteiger partial charge in [-0.2, -0.15) is 8.78 Å². The molecule has 1 fully saturated rings. The predicted molar refractivity (Wildman–Crippen MR) is 130 cm³/mol. The van der Waals surface area contributed by atoms with Crippen LogP contribution in [-0.4, -0.2) is 31.0 Å². The quantitative estimate of drug-likeness (QED) is 0.214. The van der Waals surface area contributed by atoms with Gasteiger partial charge in [0.05, 0.1) is 12.2 Å². The smallest absolute Gasteiger partial charge is 0.387 e. The van der Waals surface area contributed by atoms with Crippen LogP contribution in [0.15, 0.2) is 54.9 Å². The molecule has 0 spiro atoms. The Morgan fingerprint density at radius 3 is 2.46 bits per heavy atom. The van der Waals surface area contributed by atoms with Gasteiger partial charge in [0.15, 0.2) is 23.9 Å². The number of nitrogens with one attached hydrogen (secondary N) is 1. The number of aldehydes is 1. The van der Waals surface area contributed by atoms with E-state index in [2.05, 4.69) is 9.72 Å². The van der Waals surface area contributed by atoms with E-state index in [9.17, 15) is 18.4 Å². The van der Waals surface area contributed by atoms with Gasteiger partial charge in [0.2, 0.25) is 0 Å². The Kier molecular flexibility index (Phi) is 9.79. The first-order valence-electron chi connectivity index (χ1n) is 11.2. The zero-order valence-corrected chi connectivity index (χ0v) is 20.8. The first-order chi connectivity index (χ1) is 17.3. The van der Waals surface area contributed by atoms with Crippen molar-refractivity contribution in [1.29, 1.82) is 0 Å². The number of alkyl halides is 2. The zero-order chi connectivity index (χ0) is 25.7. The van der Waals surface area contributed by atoms with Gasteiger partial charge < -0.3 is 19.7 Å². The Balaban J connectivity index is 0.00000380. The molecule has 1 saturated carbocycles. The van der Waals surface area contributed by atoms with Crippen molar-refractivity contribution >= 4 is 35.5 Å². The summed E-state index contributed by atoms with van der Waals surface area (Å²) >= 11 is 12.7. The Labute approximate surface area is 221 Å². The second-order valence-electron chi connectivity index (χ2n) is 8.31. The van der Waals surface area contributed by atoms with Gasteiger partial charge >= 0.3 is 12.6 Å². The number of hydrogen-bond acceptors (Lipinski definition) is 6. The maximum atomic E-state index is 13.0. The number of halogens is 4. The molecule has 1 atom stereocenters. The van der Waals surface area contributed by atoms with Gasteiger partial charge in [0.25, 0.3) is 0 Å². The van der Waals surface area contributed by atoms with Crippen LogP contribution >= 0.6 is 23.2 Å². The van der Waals surface area contributed by atoms with Gasteiger partial charge in [-0.15, -0.1) is 0 Å². The second-order valence-corrected chi connectivity index (χ2v) is 9.12. The van der Waals surface area contributed by atoms with E-state index in [0.717, 1.165) is 12.8 Å². The van der Waals surface area contributed by atoms with Crippen molar-refractivity contribution in [3.05, 3.63) is 87.2 Å². The summed E-state index contributed by atoms with van der Waals surface area (Å²) in [6.45, 7) is -2.67. The molecule has 0 bridgehead atoms. The average molecular weight is 554 g/mol. The number of pyridine rings is 1. The van der Waals surface area contributed by atoms with E-state index in [-0.39, 0.29) is 29.0 Å². The van der Waals surface area contributed by atoms with Crippen LogP contribution in [0.1, 0.15) is 50.8 Å². The van der Waals surface area contributed by atoms with E-state index >= 15 is 0 Å². The molecule has 0 aliphatic heterocycles. The molecular formula is C26H23Cl2F2NO6. The van der Waals surface area contributed by atoms with Crippen LogP contribution in [0, 0.1) is 5.92 Å². The Morgan fingerprint density at radius 2 is 1.81 bits per heavy atom. The lowest BCUT2D eigenvalue weighted by molar-refractivity contribution is -0.377. The van der Waals surface area contributed by atoms with Crippen LogP contribution in [0.4, 0.5) is 8.78 Å². The van der Waals surface area contributed by atoms with Crippen molar-refractivity contribution in [3.8, 4) is 11.5 Å². The molecule has 1 aliphatic carbocycles. The minimum Gasteiger partial charge on any atom is -0.870 e. The van der Waals surface area contributed by atoms with Gasteiger partial charge in [-0.3, -0.25) is 4.79 Å². The third-order valence-electron chi connectivity index (χ3n) is 5.62. The van der Waals surface area contributed by atoms with E-state index in [1.807, 2.05) is 0 Å². The molecule has 2 N–H and O–H groups in total. The highest BCUT2D eigenvalue weighted by molar-refractivity contribution is 6.35. The standard InChI is InChI=1S/C26H21Cl2F2NO5.H2O/c27-20-11-31-12-21(28)19(20)10-23(35-25(33)18-3-1-2-16(8-18)13-32)17-6-7-22(36-26(29)30)24(9-17)34-14-15-4-5-15;/h1-3,6-9,11-13,15,23,26H,4-5,10,14H2;1H2/t23-;/m0./s1. The number of aromatic nitrogens is 1. The topological polar surface area (TPSA) is 106 Å². The molecule has 1 aliphatic rings. The summed E-state index contributed by atoms with van der Waals surface area (Å²) in [6, 6.07) is 10.4. The highest BCUT2D eigenvalue weighted by atomic mass is 35.5.